The Morgan fingerprint density at radius 1 is 0.964 bits per heavy atom. The first-order valence-corrected chi connectivity index (χ1v) is 10.4. The fraction of sp³-hybridized carbons (Fsp3) is 0.0435. The quantitative estimate of drug-likeness (QED) is 0.368. The number of hydrogen-bond acceptors (Lipinski definition) is 3. The number of thiazole rings is 1. The Bertz CT molecular complexity index is 1170. The lowest BCUT2D eigenvalue weighted by atomic mass is 9.94. The van der Waals surface area contributed by atoms with Crippen molar-refractivity contribution in [2.75, 3.05) is 0 Å². The van der Waals surface area contributed by atoms with E-state index in [-0.39, 0.29) is 5.56 Å². The molecule has 0 spiro atoms. The average Bonchev–Trinajstić information content (AvgIpc) is 3.19. The number of halogens is 1. The monoisotopic (exact) mass is 449 g/mol. The van der Waals surface area contributed by atoms with Crippen molar-refractivity contribution in [3.63, 3.8) is 0 Å². The molecule has 4 aromatic rings. The number of aromatic carboxylic acids is 1. The van der Waals surface area contributed by atoms with E-state index < -0.39 is 5.97 Å². The van der Waals surface area contributed by atoms with Gasteiger partial charge in [-0.15, -0.1) is 11.3 Å². The first-order chi connectivity index (χ1) is 13.5. The van der Waals surface area contributed by atoms with Gasteiger partial charge in [-0.3, -0.25) is 0 Å². The standard InChI is InChI=1S/C23H16BrNO2S/c1-14-4-2-3-5-18(14)19-11-8-16(12-20(19)23(26)27)22-25-21(13-28-22)15-6-9-17(24)10-7-15/h2-13H,1H3,(H,26,27). The highest BCUT2D eigenvalue weighted by atomic mass is 79.9. The van der Waals surface area contributed by atoms with Crippen LogP contribution in [0.3, 0.4) is 0 Å². The van der Waals surface area contributed by atoms with Gasteiger partial charge in [0.25, 0.3) is 0 Å². The minimum atomic E-state index is -0.940. The van der Waals surface area contributed by atoms with Crippen molar-refractivity contribution >= 4 is 33.2 Å². The third-order valence-electron chi connectivity index (χ3n) is 4.58. The van der Waals surface area contributed by atoms with Crippen LogP contribution in [0.2, 0.25) is 0 Å². The molecule has 0 radical (unpaired) electrons. The van der Waals surface area contributed by atoms with Crippen LogP contribution in [-0.2, 0) is 0 Å². The smallest absolute Gasteiger partial charge is 0.336 e. The molecule has 3 aromatic carbocycles. The van der Waals surface area contributed by atoms with Crippen molar-refractivity contribution in [2.24, 2.45) is 0 Å². The van der Waals surface area contributed by atoms with Crippen LogP contribution in [0, 0.1) is 6.92 Å². The molecule has 0 saturated carbocycles. The van der Waals surface area contributed by atoms with E-state index in [1.807, 2.05) is 73.0 Å². The molecule has 0 atom stereocenters. The molecule has 0 aliphatic rings. The van der Waals surface area contributed by atoms with Gasteiger partial charge in [-0.25, -0.2) is 9.78 Å². The second-order valence-corrected chi connectivity index (χ2v) is 8.20. The number of aromatic nitrogens is 1. The van der Waals surface area contributed by atoms with Crippen molar-refractivity contribution in [3.05, 3.63) is 87.7 Å². The predicted molar refractivity (Wildman–Crippen MR) is 118 cm³/mol. The molecular weight excluding hydrogens is 434 g/mol. The number of carbonyl (C=O) groups is 1. The number of aryl methyl sites for hydroxylation is 1. The van der Waals surface area contributed by atoms with Crippen LogP contribution in [0.1, 0.15) is 15.9 Å². The maximum absolute atomic E-state index is 11.9. The molecule has 1 aromatic heterocycles. The predicted octanol–water partition coefficient (Wildman–Crippen LogP) is 6.91. The third kappa shape index (κ3) is 3.63. The molecule has 0 aliphatic heterocycles. The van der Waals surface area contributed by atoms with Gasteiger partial charge in [0.1, 0.15) is 5.01 Å². The SMILES string of the molecule is Cc1ccccc1-c1ccc(-c2nc(-c3ccc(Br)cc3)cs2)cc1C(=O)O. The summed E-state index contributed by atoms with van der Waals surface area (Å²) in [7, 11) is 0. The molecule has 138 valence electrons. The normalized spacial score (nSPS) is 10.8. The van der Waals surface area contributed by atoms with Gasteiger partial charge >= 0.3 is 5.97 Å². The summed E-state index contributed by atoms with van der Waals surface area (Å²) < 4.78 is 1.02. The van der Waals surface area contributed by atoms with Gasteiger partial charge in [0, 0.05) is 21.0 Å². The number of benzene rings is 3. The molecule has 0 fully saturated rings. The Balaban J connectivity index is 1.76. The first kappa shape index (κ1) is 18.6. The van der Waals surface area contributed by atoms with Crippen molar-refractivity contribution in [2.45, 2.75) is 6.92 Å². The topological polar surface area (TPSA) is 50.2 Å². The molecule has 0 bridgehead atoms. The van der Waals surface area contributed by atoms with Gasteiger partial charge in [-0.2, -0.15) is 0 Å². The van der Waals surface area contributed by atoms with E-state index in [0.717, 1.165) is 43.0 Å². The zero-order valence-corrected chi connectivity index (χ0v) is 17.4. The fourth-order valence-corrected chi connectivity index (χ4v) is 4.21. The van der Waals surface area contributed by atoms with E-state index in [4.69, 9.17) is 4.98 Å². The lowest BCUT2D eigenvalue weighted by Crippen LogP contribution is -2.01. The van der Waals surface area contributed by atoms with Crippen LogP contribution in [0.5, 0.6) is 0 Å². The van der Waals surface area contributed by atoms with Crippen LogP contribution in [0.15, 0.2) is 76.6 Å². The van der Waals surface area contributed by atoms with Gasteiger partial charge in [0.2, 0.25) is 0 Å². The van der Waals surface area contributed by atoms with E-state index in [9.17, 15) is 9.90 Å². The molecule has 0 aliphatic carbocycles. The van der Waals surface area contributed by atoms with E-state index in [1.54, 1.807) is 6.07 Å². The molecule has 1 N–H and O–H groups in total. The Labute approximate surface area is 175 Å². The largest absolute Gasteiger partial charge is 0.478 e. The van der Waals surface area contributed by atoms with E-state index in [0.29, 0.717) is 0 Å². The number of nitrogens with zero attached hydrogens (tertiary/aromatic N) is 1. The molecule has 4 rings (SSSR count). The highest BCUT2D eigenvalue weighted by Gasteiger charge is 2.16. The van der Waals surface area contributed by atoms with Gasteiger partial charge < -0.3 is 5.11 Å². The summed E-state index contributed by atoms with van der Waals surface area (Å²) in [5.74, 6) is -0.940. The fourth-order valence-electron chi connectivity index (χ4n) is 3.12. The first-order valence-electron chi connectivity index (χ1n) is 8.68. The summed E-state index contributed by atoms with van der Waals surface area (Å²) in [5, 5.41) is 12.6. The lowest BCUT2D eigenvalue weighted by Gasteiger charge is -2.10. The summed E-state index contributed by atoms with van der Waals surface area (Å²) in [6, 6.07) is 21.3. The second-order valence-electron chi connectivity index (χ2n) is 6.43. The summed E-state index contributed by atoms with van der Waals surface area (Å²) in [4.78, 5) is 16.6. The third-order valence-corrected chi connectivity index (χ3v) is 6.00. The number of carboxylic acid groups (broad SMARTS) is 1. The zero-order valence-electron chi connectivity index (χ0n) is 15.0. The van der Waals surface area contributed by atoms with Crippen molar-refractivity contribution < 1.29 is 9.90 Å². The number of rotatable bonds is 4. The Hall–Kier alpha value is -2.76. The van der Waals surface area contributed by atoms with Gasteiger partial charge in [0.05, 0.1) is 11.3 Å². The molecule has 0 amide bonds. The van der Waals surface area contributed by atoms with Crippen LogP contribution in [0.4, 0.5) is 0 Å². The van der Waals surface area contributed by atoms with Crippen LogP contribution in [-0.4, -0.2) is 16.1 Å². The van der Waals surface area contributed by atoms with Crippen molar-refractivity contribution in [1.82, 2.24) is 4.98 Å². The number of carboxylic acids is 1. The highest BCUT2D eigenvalue weighted by molar-refractivity contribution is 9.10. The van der Waals surface area contributed by atoms with Crippen molar-refractivity contribution in [1.29, 1.82) is 0 Å². The van der Waals surface area contributed by atoms with Crippen LogP contribution in [0.25, 0.3) is 33.0 Å². The molecule has 0 unspecified atom stereocenters. The molecular formula is C23H16BrNO2S. The highest BCUT2D eigenvalue weighted by Crippen LogP contribution is 2.34. The van der Waals surface area contributed by atoms with Gasteiger partial charge in [0.15, 0.2) is 0 Å². The minimum Gasteiger partial charge on any atom is -0.478 e. The van der Waals surface area contributed by atoms with Crippen molar-refractivity contribution in [3.8, 4) is 33.0 Å². The molecule has 0 saturated heterocycles. The summed E-state index contributed by atoms with van der Waals surface area (Å²) >= 11 is 4.95. The Morgan fingerprint density at radius 3 is 2.39 bits per heavy atom. The maximum atomic E-state index is 11.9. The van der Waals surface area contributed by atoms with E-state index in [1.165, 1.54) is 11.3 Å². The maximum Gasteiger partial charge on any atom is 0.336 e. The summed E-state index contributed by atoms with van der Waals surface area (Å²) in [6.07, 6.45) is 0. The van der Waals surface area contributed by atoms with Crippen LogP contribution >= 0.6 is 27.3 Å². The molecule has 1 heterocycles. The van der Waals surface area contributed by atoms with Gasteiger partial charge in [-0.1, -0.05) is 64.5 Å². The second kappa shape index (κ2) is 7.70. The molecule has 28 heavy (non-hydrogen) atoms. The van der Waals surface area contributed by atoms with E-state index >= 15 is 0 Å². The minimum absolute atomic E-state index is 0.284. The average molecular weight is 450 g/mol. The van der Waals surface area contributed by atoms with E-state index in [2.05, 4.69) is 15.9 Å². The lowest BCUT2D eigenvalue weighted by molar-refractivity contribution is 0.0698. The zero-order chi connectivity index (χ0) is 19.7. The Morgan fingerprint density at radius 2 is 1.68 bits per heavy atom. The van der Waals surface area contributed by atoms with Gasteiger partial charge in [-0.05, 0) is 41.8 Å². The number of hydrogen-bond donors (Lipinski definition) is 1. The summed E-state index contributed by atoms with van der Waals surface area (Å²) in [6.45, 7) is 1.99. The summed E-state index contributed by atoms with van der Waals surface area (Å²) in [5.41, 5.74) is 5.70. The van der Waals surface area contributed by atoms with Crippen LogP contribution < -0.4 is 0 Å². The molecule has 3 nitrogen and oxygen atoms in total. The Kier molecular flexibility index (Phi) is 5.11. The molecule has 5 heteroatoms.